The van der Waals surface area contributed by atoms with E-state index in [0.717, 1.165) is 17.0 Å². The minimum Gasteiger partial charge on any atom is -0.325 e. The first-order valence-corrected chi connectivity index (χ1v) is 9.87. The van der Waals surface area contributed by atoms with E-state index in [0.29, 0.717) is 6.42 Å². The maximum Gasteiger partial charge on any atom is 0.241 e. The van der Waals surface area contributed by atoms with E-state index in [4.69, 9.17) is 0 Å². The number of benzene rings is 2. The standard InChI is InChI=1S/C22H23N3OS.2ClH/c1-23-21(14-18-8-5-13-24-15-18)22(26)25-19-9-11-20(12-10-19)27-16-17-6-3-2-4-7-17;;/h2-13,15,21,23H,14,16H2,1H3,(H,25,26);2*1H/t21-;;/m0../s1. The average Bonchev–Trinajstić information content (AvgIpc) is 2.73. The van der Waals surface area contributed by atoms with Gasteiger partial charge in [-0.3, -0.25) is 9.78 Å². The lowest BCUT2D eigenvalue weighted by Crippen LogP contribution is -2.40. The highest BCUT2D eigenvalue weighted by Gasteiger charge is 2.17. The number of amides is 1. The molecule has 1 amide bonds. The maximum atomic E-state index is 12.5. The average molecular weight is 450 g/mol. The molecule has 0 aliphatic carbocycles. The summed E-state index contributed by atoms with van der Waals surface area (Å²) in [5, 5.41) is 6.06. The summed E-state index contributed by atoms with van der Waals surface area (Å²) in [6.07, 6.45) is 4.12. The molecule has 29 heavy (non-hydrogen) atoms. The number of nitrogens with one attached hydrogen (secondary N) is 2. The van der Waals surface area contributed by atoms with Gasteiger partial charge in [0, 0.05) is 28.7 Å². The van der Waals surface area contributed by atoms with Crippen LogP contribution in [0, 0.1) is 0 Å². The van der Waals surface area contributed by atoms with Crippen molar-refractivity contribution in [3.8, 4) is 0 Å². The summed E-state index contributed by atoms with van der Waals surface area (Å²) < 4.78 is 0. The fraction of sp³-hybridized carbons (Fsp3) is 0.182. The quantitative estimate of drug-likeness (QED) is 0.475. The molecule has 0 unspecified atom stereocenters. The Morgan fingerprint density at radius 1 is 0.966 bits per heavy atom. The number of pyridine rings is 1. The number of nitrogens with zero attached hydrogens (tertiary/aromatic N) is 1. The second-order valence-corrected chi connectivity index (χ2v) is 7.24. The van der Waals surface area contributed by atoms with Gasteiger partial charge in [0.2, 0.25) is 5.91 Å². The van der Waals surface area contributed by atoms with Crippen LogP contribution in [-0.4, -0.2) is 24.0 Å². The van der Waals surface area contributed by atoms with Gasteiger partial charge in [-0.25, -0.2) is 0 Å². The maximum absolute atomic E-state index is 12.5. The highest BCUT2D eigenvalue weighted by Crippen LogP contribution is 2.24. The lowest BCUT2D eigenvalue weighted by atomic mass is 10.1. The Hall–Kier alpha value is -2.05. The van der Waals surface area contributed by atoms with Gasteiger partial charge in [-0.05, 0) is 54.9 Å². The molecule has 154 valence electrons. The molecule has 3 aromatic rings. The van der Waals surface area contributed by atoms with Crippen LogP contribution in [-0.2, 0) is 17.0 Å². The first-order chi connectivity index (χ1) is 13.2. The molecular weight excluding hydrogens is 425 g/mol. The summed E-state index contributed by atoms with van der Waals surface area (Å²) >= 11 is 1.78. The molecule has 2 aromatic carbocycles. The van der Waals surface area contributed by atoms with Crippen LogP contribution < -0.4 is 10.6 Å². The molecule has 0 bridgehead atoms. The molecule has 0 spiro atoms. The van der Waals surface area contributed by atoms with E-state index >= 15 is 0 Å². The number of aromatic nitrogens is 1. The van der Waals surface area contributed by atoms with Gasteiger partial charge in [-0.2, -0.15) is 0 Å². The second-order valence-electron chi connectivity index (χ2n) is 6.19. The molecule has 2 N–H and O–H groups in total. The van der Waals surface area contributed by atoms with Crippen molar-refractivity contribution in [3.63, 3.8) is 0 Å². The van der Waals surface area contributed by atoms with Crippen molar-refractivity contribution >= 4 is 48.2 Å². The van der Waals surface area contributed by atoms with Gasteiger partial charge >= 0.3 is 0 Å². The molecule has 1 atom stereocenters. The predicted molar refractivity (Wildman–Crippen MR) is 126 cm³/mol. The molecule has 1 heterocycles. The lowest BCUT2D eigenvalue weighted by molar-refractivity contribution is -0.118. The van der Waals surface area contributed by atoms with Crippen LogP contribution in [0.5, 0.6) is 0 Å². The Bertz CT molecular complexity index is 849. The van der Waals surface area contributed by atoms with Crippen LogP contribution in [0.25, 0.3) is 0 Å². The number of hydrogen-bond acceptors (Lipinski definition) is 4. The van der Waals surface area contributed by atoms with Gasteiger partial charge < -0.3 is 10.6 Å². The summed E-state index contributed by atoms with van der Waals surface area (Å²) in [4.78, 5) is 17.8. The van der Waals surface area contributed by atoms with Gasteiger partial charge in [0.1, 0.15) is 0 Å². The van der Waals surface area contributed by atoms with Crippen molar-refractivity contribution in [1.29, 1.82) is 0 Å². The molecule has 0 aliphatic heterocycles. The van der Waals surface area contributed by atoms with Gasteiger partial charge in [-0.1, -0.05) is 36.4 Å². The van der Waals surface area contributed by atoms with Crippen molar-refractivity contribution in [3.05, 3.63) is 90.3 Å². The number of likely N-dealkylation sites (N-methyl/N-ethyl adjacent to an activating group) is 1. The van der Waals surface area contributed by atoms with E-state index in [1.54, 1.807) is 31.2 Å². The summed E-state index contributed by atoms with van der Waals surface area (Å²) in [7, 11) is 1.80. The van der Waals surface area contributed by atoms with E-state index in [2.05, 4.69) is 39.9 Å². The molecule has 0 aliphatic rings. The van der Waals surface area contributed by atoms with Crippen LogP contribution in [0.15, 0.2) is 84.0 Å². The van der Waals surface area contributed by atoms with Crippen LogP contribution in [0.2, 0.25) is 0 Å². The van der Waals surface area contributed by atoms with Crippen molar-refractivity contribution in [2.45, 2.75) is 23.1 Å². The fourth-order valence-electron chi connectivity index (χ4n) is 2.69. The Kier molecular flexibility index (Phi) is 11.4. The zero-order valence-corrected chi connectivity index (χ0v) is 18.5. The van der Waals surface area contributed by atoms with E-state index in [1.807, 2.05) is 42.5 Å². The third-order valence-electron chi connectivity index (χ3n) is 4.20. The molecule has 7 heteroatoms. The van der Waals surface area contributed by atoms with Gasteiger partial charge in [0.05, 0.1) is 6.04 Å². The largest absolute Gasteiger partial charge is 0.325 e. The number of halogens is 2. The van der Waals surface area contributed by atoms with Gasteiger partial charge in [0.25, 0.3) is 0 Å². The number of thioether (sulfide) groups is 1. The normalized spacial score (nSPS) is 10.9. The van der Waals surface area contributed by atoms with Crippen LogP contribution in [0.1, 0.15) is 11.1 Å². The highest BCUT2D eigenvalue weighted by atomic mass is 35.5. The van der Waals surface area contributed by atoms with E-state index < -0.39 is 0 Å². The smallest absolute Gasteiger partial charge is 0.241 e. The summed E-state index contributed by atoms with van der Waals surface area (Å²) in [5.74, 6) is 0.880. The van der Waals surface area contributed by atoms with Gasteiger partial charge in [-0.15, -0.1) is 36.6 Å². The zero-order valence-electron chi connectivity index (χ0n) is 16.1. The van der Waals surface area contributed by atoms with Crippen molar-refractivity contribution in [1.82, 2.24) is 10.3 Å². The molecule has 4 nitrogen and oxygen atoms in total. The number of rotatable bonds is 8. The van der Waals surface area contributed by atoms with E-state index in [9.17, 15) is 4.79 Å². The third kappa shape index (κ3) is 8.07. The third-order valence-corrected chi connectivity index (χ3v) is 5.28. The van der Waals surface area contributed by atoms with Crippen LogP contribution in [0.3, 0.4) is 0 Å². The Morgan fingerprint density at radius 3 is 2.28 bits per heavy atom. The summed E-state index contributed by atoms with van der Waals surface area (Å²) in [6.45, 7) is 0. The predicted octanol–water partition coefficient (Wildman–Crippen LogP) is 4.99. The summed E-state index contributed by atoms with van der Waals surface area (Å²) in [5.41, 5.74) is 3.13. The highest BCUT2D eigenvalue weighted by molar-refractivity contribution is 7.98. The number of hydrogen-bond donors (Lipinski definition) is 2. The van der Waals surface area contributed by atoms with E-state index in [-0.39, 0.29) is 36.8 Å². The first kappa shape index (κ1) is 25.0. The fourth-order valence-corrected chi connectivity index (χ4v) is 3.54. The van der Waals surface area contributed by atoms with Crippen LogP contribution in [0.4, 0.5) is 5.69 Å². The molecular formula is C22H25Cl2N3OS. The number of carbonyl (C=O) groups is 1. The Labute approximate surface area is 188 Å². The SMILES string of the molecule is CN[C@@H](Cc1cccnc1)C(=O)Nc1ccc(SCc2ccccc2)cc1.Cl.Cl. The topological polar surface area (TPSA) is 54.0 Å². The van der Waals surface area contributed by atoms with E-state index in [1.165, 1.54) is 10.5 Å². The second kappa shape index (κ2) is 13.2. The Morgan fingerprint density at radius 2 is 1.66 bits per heavy atom. The molecule has 0 radical (unpaired) electrons. The monoisotopic (exact) mass is 449 g/mol. The number of anilines is 1. The van der Waals surface area contributed by atoms with Gasteiger partial charge in [0.15, 0.2) is 0 Å². The minimum absolute atomic E-state index is 0. The van der Waals surface area contributed by atoms with Crippen molar-refractivity contribution in [2.24, 2.45) is 0 Å². The molecule has 3 rings (SSSR count). The minimum atomic E-state index is -0.304. The zero-order chi connectivity index (χ0) is 18.9. The van der Waals surface area contributed by atoms with Crippen molar-refractivity contribution in [2.75, 3.05) is 12.4 Å². The first-order valence-electron chi connectivity index (χ1n) is 8.88. The Balaban J connectivity index is 0.00000210. The molecule has 1 aromatic heterocycles. The van der Waals surface area contributed by atoms with Crippen molar-refractivity contribution < 1.29 is 4.79 Å². The number of carbonyl (C=O) groups excluding carboxylic acids is 1. The molecule has 0 saturated carbocycles. The lowest BCUT2D eigenvalue weighted by Gasteiger charge is -2.16. The summed E-state index contributed by atoms with van der Waals surface area (Å²) in [6, 6.07) is 21.9. The molecule has 0 fully saturated rings. The van der Waals surface area contributed by atoms with Crippen LogP contribution >= 0.6 is 36.6 Å². The molecule has 0 saturated heterocycles.